The highest BCUT2D eigenvalue weighted by atomic mass is 16.5. The monoisotopic (exact) mass is 245 g/mol. The molecule has 1 unspecified atom stereocenters. The van der Waals surface area contributed by atoms with Crippen LogP contribution in [0.15, 0.2) is 24.3 Å². The van der Waals surface area contributed by atoms with E-state index in [0.717, 1.165) is 17.7 Å². The molecule has 0 aromatic heterocycles. The molecule has 3 heteroatoms. The first-order valence-corrected chi connectivity index (χ1v) is 6.08. The Balaban J connectivity index is 2.40. The number of rotatable bonds is 6. The van der Waals surface area contributed by atoms with Crippen LogP contribution in [0.5, 0.6) is 5.75 Å². The standard InChI is InChI=1S/C15H19NO2/c1-4-13(5-2)16-15(17)11-8-12-6-9-14(18-3)10-7-12/h1,6-7,9-10,13H,5,8,11H2,2-3H3,(H,16,17). The van der Waals surface area contributed by atoms with E-state index in [9.17, 15) is 4.79 Å². The molecular weight excluding hydrogens is 226 g/mol. The highest BCUT2D eigenvalue weighted by molar-refractivity contribution is 5.76. The largest absolute Gasteiger partial charge is 0.497 e. The van der Waals surface area contributed by atoms with Gasteiger partial charge in [-0.3, -0.25) is 4.79 Å². The molecule has 18 heavy (non-hydrogen) atoms. The Bertz CT molecular complexity index is 417. The molecule has 1 atom stereocenters. The van der Waals surface area contributed by atoms with Crippen molar-refractivity contribution in [3.63, 3.8) is 0 Å². The first-order chi connectivity index (χ1) is 8.69. The molecule has 0 aliphatic heterocycles. The van der Waals surface area contributed by atoms with Crippen molar-refractivity contribution in [2.45, 2.75) is 32.2 Å². The summed E-state index contributed by atoms with van der Waals surface area (Å²) in [5, 5.41) is 2.81. The Kier molecular flexibility index (Phi) is 5.79. The highest BCUT2D eigenvalue weighted by Crippen LogP contribution is 2.12. The van der Waals surface area contributed by atoms with Crippen molar-refractivity contribution in [2.24, 2.45) is 0 Å². The minimum Gasteiger partial charge on any atom is -0.497 e. The Morgan fingerprint density at radius 2 is 2.11 bits per heavy atom. The summed E-state index contributed by atoms with van der Waals surface area (Å²) in [7, 11) is 1.63. The van der Waals surface area contributed by atoms with Crippen molar-refractivity contribution >= 4 is 5.91 Å². The smallest absolute Gasteiger partial charge is 0.221 e. The summed E-state index contributed by atoms with van der Waals surface area (Å²) in [5.74, 6) is 3.36. The van der Waals surface area contributed by atoms with Gasteiger partial charge in [-0.1, -0.05) is 25.0 Å². The minimum atomic E-state index is -0.159. The van der Waals surface area contributed by atoms with Gasteiger partial charge in [-0.25, -0.2) is 0 Å². The molecule has 0 fully saturated rings. The SMILES string of the molecule is C#CC(CC)NC(=O)CCc1ccc(OC)cc1. The maximum absolute atomic E-state index is 11.6. The van der Waals surface area contributed by atoms with E-state index < -0.39 is 0 Å². The summed E-state index contributed by atoms with van der Waals surface area (Å²) >= 11 is 0. The number of nitrogens with one attached hydrogen (secondary N) is 1. The summed E-state index contributed by atoms with van der Waals surface area (Å²) in [5.41, 5.74) is 1.11. The molecule has 1 aromatic carbocycles. The Labute approximate surface area is 109 Å². The van der Waals surface area contributed by atoms with Gasteiger partial charge in [0, 0.05) is 6.42 Å². The number of carbonyl (C=O) groups is 1. The van der Waals surface area contributed by atoms with E-state index in [2.05, 4.69) is 11.2 Å². The predicted octanol–water partition coefficient (Wildman–Crippen LogP) is 2.16. The van der Waals surface area contributed by atoms with Crippen molar-refractivity contribution in [2.75, 3.05) is 7.11 Å². The van der Waals surface area contributed by atoms with Crippen LogP contribution in [0, 0.1) is 12.3 Å². The Morgan fingerprint density at radius 3 is 2.61 bits per heavy atom. The maximum atomic E-state index is 11.6. The van der Waals surface area contributed by atoms with Gasteiger partial charge in [0.1, 0.15) is 5.75 Å². The molecule has 0 aliphatic rings. The van der Waals surface area contributed by atoms with Crippen molar-refractivity contribution < 1.29 is 9.53 Å². The van der Waals surface area contributed by atoms with E-state index in [1.807, 2.05) is 31.2 Å². The van der Waals surface area contributed by atoms with E-state index in [4.69, 9.17) is 11.2 Å². The number of amides is 1. The fourth-order valence-corrected chi connectivity index (χ4v) is 1.58. The lowest BCUT2D eigenvalue weighted by molar-refractivity contribution is -0.121. The van der Waals surface area contributed by atoms with Crippen molar-refractivity contribution in [3.8, 4) is 18.1 Å². The fourth-order valence-electron chi connectivity index (χ4n) is 1.58. The second-order valence-corrected chi connectivity index (χ2v) is 4.04. The van der Waals surface area contributed by atoms with Gasteiger partial charge in [0.25, 0.3) is 0 Å². The molecule has 1 rings (SSSR count). The molecule has 0 bridgehead atoms. The third-order valence-electron chi connectivity index (χ3n) is 2.74. The van der Waals surface area contributed by atoms with Crippen LogP contribution in [-0.2, 0) is 11.2 Å². The lowest BCUT2D eigenvalue weighted by Gasteiger charge is -2.10. The van der Waals surface area contributed by atoms with Gasteiger partial charge in [-0.05, 0) is 30.5 Å². The third kappa shape index (κ3) is 4.50. The summed E-state index contributed by atoms with van der Waals surface area (Å²) in [6, 6.07) is 7.55. The quantitative estimate of drug-likeness (QED) is 0.780. The summed E-state index contributed by atoms with van der Waals surface area (Å²) in [6.45, 7) is 1.95. The Morgan fingerprint density at radius 1 is 1.44 bits per heavy atom. The van der Waals surface area contributed by atoms with Gasteiger partial charge < -0.3 is 10.1 Å². The minimum absolute atomic E-state index is 0.00406. The second kappa shape index (κ2) is 7.39. The molecule has 1 aromatic rings. The van der Waals surface area contributed by atoms with Crippen LogP contribution in [-0.4, -0.2) is 19.1 Å². The van der Waals surface area contributed by atoms with E-state index in [-0.39, 0.29) is 11.9 Å². The number of aryl methyl sites for hydroxylation is 1. The van der Waals surface area contributed by atoms with Crippen LogP contribution in [0.3, 0.4) is 0 Å². The summed E-state index contributed by atoms with van der Waals surface area (Å²) < 4.78 is 5.08. The molecular formula is C15H19NO2. The molecule has 0 radical (unpaired) electrons. The summed E-state index contributed by atoms with van der Waals surface area (Å²) in [6.07, 6.45) is 7.20. The van der Waals surface area contributed by atoms with Gasteiger partial charge in [0.2, 0.25) is 5.91 Å². The Hall–Kier alpha value is -1.95. The van der Waals surface area contributed by atoms with Crippen molar-refractivity contribution in [1.29, 1.82) is 0 Å². The van der Waals surface area contributed by atoms with Crippen molar-refractivity contribution in [3.05, 3.63) is 29.8 Å². The van der Waals surface area contributed by atoms with Gasteiger partial charge in [-0.2, -0.15) is 0 Å². The average Bonchev–Trinajstić information content (AvgIpc) is 2.43. The number of ether oxygens (including phenoxy) is 1. The van der Waals surface area contributed by atoms with Crippen LogP contribution in [0.25, 0.3) is 0 Å². The molecule has 1 N–H and O–H groups in total. The molecule has 96 valence electrons. The molecule has 0 spiro atoms. The molecule has 0 saturated carbocycles. The normalized spacial score (nSPS) is 11.4. The number of terminal acetylenes is 1. The molecule has 0 saturated heterocycles. The second-order valence-electron chi connectivity index (χ2n) is 4.04. The lowest BCUT2D eigenvalue weighted by Crippen LogP contribution is -2.33. The van der Waals surface area contributed by atoms with Crippen LogP contribution < -0.4 is 10.1 Å². The molecule has 0 heterocycles. The first kappa shape index (κ1) is 14.1. The first-order valence-electron chi connectivity index (χ1n) is 6.08. The zero-order valence-corrected chi connectivity index (χ0v) is 10.9. The van der Waals surface area contributed by atoms with Crippen LogP contribution in [0.1, 0.15) is 25.3 Å². The van der Waals surface area contributed by atoms with E-state index in [1.165, 1.54) is 0 Å². The molecule has 1 amide bonds. The third-order valence-corrected chi connectivity index (χ3v) is 2.74. The zero-order chi connectivity index (χ0) is 13.4. The van der Waals surface area contributed by atoms with Crippen LogP contribution >= 0.6 is 0 Å². The topological polar surface area (TPSA) is 38.3 Å². The summed E-state index contributed by atoms with van der Waals surface area (Å²) in [4.78, 5) is 11.6. The van der Waals surface area contributed by atoms with Gasteiger partial charge >= 0.3 is 0 Å². The van der Waals surface area contributed by atoms with Crippen molar-refractivity contribution in [1.82, 2.24) is 5.32 Å². The lowest BCUT2D eigenvalue weighted by atomic mass is 10.1. The number of methoxy groups -OCH3 is 1. The number of hydrogen-bond acceptors (Lipinski definition) is 2. The number of hydrogen-bond donors (Lipinski definition) is 1. The molecule has 3 nitrogen and oxygen atoms in total. The van der Waals surface area contributed by atoms with E-state index in [0.29, 0.717) is 12.8 Å². The number of carbonyl (C=O) groups excluding carboxylic acids is 1. The maximum Gasteiger partial charge on any atom is 0.221 e. The number of benzene rings is 1. The zero-order valence-electron chi connectivity index (χ0n) is 10.9. The van der Waals surface area contributed by atoms with E-state index >= 15 is 0 Å². The predicted molar refractivity (Wildman–Crippen MR) is 72.4 cm³/mol. The highest BCUT2D eigenvalue weighted by Gasteiger charge is 2.07. The van der Waals surface area contributed by atoms with Crippen LogP contribution in [0.2, 0.25) is 0 Å². The van der Waals surface area contributed by atoms with Gasteiger partial charge in [-0.15, -0.1) is 6.42 Å². The van der Waals surface area contributed by atoms with E-state index in [1.54, 1.807) is 7.11 Å². The van der Waals surface area contributed by atoms with Gasteiger partial charge in [0.05, 0.1) is 13.2 Å². The van der Waals surface area contributed by atoms with Crippen LogP contribution in [0.4, 0.5) is 0 Å². The van der Waals surface area contributed by atoms with Gasteiger partial charge in [0.15, 0.2) is 0 Å². The molecule has 0 aliphatic carbocycles. The average molecular weight is 245 g/mol. The fraction of sp³-hybridized carbons (Fsp3) is 0.400.